The SMILES string of the molecule is CC(C)(C)OC(=O)NC(C)(CN=[N+]=[N-])c1cc(Br)ccc1F. The molecule has 1 atom stereocenters. The molecule has 1 N–H and O–H groups in total. The van der Waals surface area contributed by atoms with Crippen LogP contribution in [0.2, 0.25) is 0 Å². The first-order chi connectivity index (χ1) is 10.1. The largest absolute Gasteiger partial charge is 0.444 e. The van der Waals surface area contributed by atoms with Gasteiger partial charge in [-0.25, -0.2) is 9.18 Å². The number of nitrogens with one attached hydrogen (secondary N) is 1. The Kier molecular flexibility index (Phi) is 5.79. The van der Waals surface area contributed by atoms with E-state index in [4.69, 9.17) is 10.3 Å². The minimum Gasteiger partial charge on any atom is -0.444 e. The van der Waals surface area contributed by atoms with E-state index in [1.165, 1.54) is 12.1 Å². The Balaban J connectivity index is 3.17. The highest BCUT2D eigenvalue weighted by atomic mass is 79.9. The summed E-state index contributed by atoms with van der Waals surface area (Å²) in [4.78, 5) is 14.7. The number of amides is 1. The summed E-state index contributed by atoms with van der Waals surface area (Å²) in [6.45, 7) is 6.57. The van der Waals surface area contributed by atoms with Crippen LogP contribution in [0.4, 0.5) is 9.18 Å². The smallest absolute Gasteiger partial charge is 0.408 e. The van der Waals surface area contributed by atoms with Gasteiger partial charge in [-0.2, -0.15) is 0 Å². The van der Waals surface area contributed by atoms with Gasteiger partial charge in [0.1, 0.15) is 11.4 Å². The van der Waals surface area contributed by atoms with Crippen molar-refractivity contribution in [3.8, 4) is 0 Å². The molecule has 0 aliphatic rings. The lowest BCUT2D eigenvalue weighted by Gasteiger charge is -2.31. The molecular weight excluding hydrogens is 355 g/mol. The zero-order valence-electron chi connectivity index (χ0n) is 12.9. The van der Waals surface area contributed by atoms with Crippen molar-refractivity contribution >= 4 is 22.0 Å². The molecule has 0 aromatic heterocycles. The Morgan fingerprint density at radius 2 is 2.09 bits per heavy atom. The summed E-state index contributed by atoms with van der Waals surface area (Å²) < 4.78 is 20.0. The van der Waals surface area contributed by atoms with Crippen molar-refractivity contribution < 1.29 is 13.9 Å². The fourth-order valence-electron chi connectivity index (χ4n) is 1.81. The highest BCUT2D eigenvalue weighted by molar-refractivity contribution is 9.10. The van der Waals surface area contributed by atoms with E-state index in [1.807, 2.05) is 0 Å². The molecule has 0 aliphatic heterocycles. The topological polar surface area (TPSA) is 87.1 Å². The first kappa shape index (κ1) is 18.3. The van der Waals surface area contributed by atoms with E-state index >= 15 is 0 Å². The molecule has 0 radical (unpaired) electrons. The van der Waals surface area contributed by atoms with Gasteiger partial charge in [0.25, 0.3) is 0 Å². The fourth-order valence-corrected chi connectivity index (χ4v) is 2.18. The maximum absolute atomic E-state index is 14.1. The van der Waals surface area contributed by atoms with Crippen molar-refractivity contribution in [2.45, 2.75) is 38.8 Å². The Morgan fingerprint density at radius 1 is 1.45 bits per heavy atom. The van der Waals surface area contributed by atoms with Crippen LogP contribution in [0.3, 0.4) is 0 Å². The molecule has 1 aromatic carbocycles. The van der Waals surface area contributed by atoms with Gasteiger partial charge in [-0.05, 0) is 51.4 Å². The van der Waals surface area contributed by atoms with Gasteiger partial charge in [0.05, 0.1) is 12.1 Å². The number of alkyl carbamates (subject to hydrolysis) is 1. The Hall–Kier alpha value is -1.79. The van der Waals surface area contributed by atoms with Gasteiger partial charge in [0, 0.05) is 14.9 Å². The molecule has 1 unspecified atom stereocenters. The molecule has 0 saturated heterocycles. The maximum atomic E-state index is 14.1. The monoisotopic (exact) mass is 372 g/mol. The third kappa shape index (κ3) is 5.20. The third-order valence-corrected chi connectivity index (χ3v) is 3.24. The van der Waals surface area contributed by atoms with Gasteiger partial charge in [0.15, 0.2) is 0 Å². The second-order valence-electron chi connectivity index (χ2n) is 5.97. The molecule has 1 rings (SSSR count). The van der Waals surface area contributed by atoms with E-state index in [9.17, 15) is 9.18 Å². The first-order valence-electron chi connectivity index (χ1n) is 6.55. The van der Waals surface area contributed by atoms with E-state index in [0.717, 1.165) is 0 Å². The van der Waals surface area contributed by atoms with Crippen molar-refractivity contribution in [2.75, 3.05) is 6.54 Å². The molecule has 6 nitrogen and oxygen atoms in total. The molecule has 120 valence electrons. The van der Waals surface area contributed by atoms with E-state index < -0.39 is 23.1 Å². The molecule has 0 heterocycles. The number of halogens is 2. The summed E-state index contributed by atoms with van der Waals surface area (Å²) in [5, 5.41) is 6.05. The van der Waals surface area contributed by atoms with Crippen LogP contribution in [-0.2, 0) is 10.3 Å². The summed E-state index contributed by atoms with van der Waals surface area (Å²) in [5.74, 6) is -0.519. The summed E-state index contributed by atoms with van der Waals surface area (Å²) >= 11 is 3.26. The second kappa shape index (κ2) is 6.98. The van der Waals surface area contributed by atoms with Crippen LogP contribution in [0.25, 0.3) is 10.4 Å². The van der Waals surface area contributed by atoms with Crippen LogP contribution in [-0.4, -0.2) is 18.2 Å². The predicted octanol–water partition coefficient (Wildman–Crippen LogP) is 4.64. The molecule has 22 heavy (non-hydrogen) atoms. The second-order valence-corrected chi connectivity index (χ2v) is 6.89. The van der Waals surface area contributed by atoms with Crippen LogP contribution >= 0.6 is 15.9 Å². The molecule has 8 heteroatoms. The Morgan fingerprint density at radius 3 is 2.64 bits per heavy atom. The number of hydrogen-bond acceptors (Lipinski definition) is 3. The third-order valence-electron chi connectivity index (χ3n) is 2.75. The van der Waals surface area contributed by atoms with Crippen molar-refractivity contribution in [1.29, 1.82) is 0 Å². The van der Waals surface area contributed by atoms with E-state index in [2.05, 4.69) is 31.3 Å². The molecule has 1 amide bonds. The molecule has 1 aromatic rings. The summed E-state index contributed by atoms with van der Waals surface area (Å²) in [5.41, 5.74) is 6.80. The average molecular weight is 373 g/mol. The van der Waals surface area contributed by atoms with Gasteiger partial charge in [0.2, 0.25) is 0 Å². The quantitative estimate of drug-likeness (QED) is 0.474. The standard InChI is InChI=1S/C14H18BrFN4O2/c1-13(2,3)22-12(21)19-14(4,8-18-20-17)10-7-9(15)5-6-11(10)16/h5-7H,8H2,1-4H3,(H,19,21). The number of carbonyl (C=O) groups is 1. The van der Waals surface area contributed by atoms with Gasteiger partial charge < -0.3 is 10.1 Å². The number of nitrogens with zero attached hydrogens (tertiary/aromatic N) is 3. The predicted molar refractivity (Wildman–Crippen MR) is 84.8 cm³/mol. The fraction of sp³-hybridized carbons (Fsp3) is 0.500. The molecule has 0 bridgehead atoms. The number of hydrogen-bond donors (Lipinski definition) is 1. The zero-order chi connectivity index (χ0) is 17.0. The molecule has 0 spiro atoms. The van der Waals surface area contributed by atoms with Crippen molar-refractivity contribution in [3.63, 3.8) is 0 Å². The number of benzene rings is 1. The molecular formula is C14H18BrFN4O2. The van der Waals surface area contributed by atoms with Crippen LogP contribution in [0, 0.1) is 5.82 Å². The maximum Gasteiger partial charge on any atom is 0.408 e. The average Bonchev–Trinajstić information content (AvgIpc) is 2.36. The number of carbonyl (C=O) groups excluding carboxylic acids is 1. The minimum atomic E-state index is -1.23. The summed E-state index contributed by atoms with van der Waals surface area (Å²) in [6, 6.07) is 4.34. The summed E-state index contributed by atoms with van der Waals surface area (Å²) in [7, 11) is 0. The van der Waals surface area contributed by atoms with Gasteiger partial charge >= 0.3 is 6.09 Å². The van der Waals surface area contributed by atoms with E-state index in [0.29, 0.717) is 4.47 Å². The van der Waals surface area contributed by atoms with E-state index in [-0.39, 0.29) is 12.1 Å². The number of rotatable bonds is 4. The lowest BCUT2D eigenvalue weighted by Crippen LogP contribution is -2.48. The van der Waals surface area contributed by atoms with E-state index in [1.54, 1.807) is 33.8 Å². The normalized spacial score (nSPS) is 13.7. The lowest BCUT2D eigenvalue weighted by atomic mass is 9.91. The highest BCUT2D eigenvalue weighted by Gasteiger charge is 2.33. The van der Waals surface area contributed by atoms with Gasteiger partial charge in [-0.3, -0.25) is 0 Å². The Labute approximate surface area is 136 Å². The van der Waals surface area contributed by atoms with Crippen LogP contribution in [0.1, 0.15) is 33.3 Å². The minimum absolute atomic E-state index is 0.157. The lowest BCUT2D eigenvalue weighted by molar-refractivity contribution is 0.0463. The molecule has 0 saturated carbocycles. The first-order valence-corrected chi connectivity index (χ1v) is 7.34. The Bertz CT molecular complexity index is 611. The zero-order valence-corrected chi connectivity index (χ0v) is 14.4. The van der Waals surface area contributed by atoms with Crippen LogP contribution in [0.5, 0.6) is 0 Å². The highest BCUT2D eigenvalue weighted by Crippen LogP contribution is 2.28. The van der Waals surface area contributed by atoms with Crippen LogP contribution < -0.4 is 5.32 Å². The van der Waals surface area contributed by atoms with Gasteiger partial charge in [-0.15, -0.1) is 0 Å². The van der Waals surface area contributed by atoms with Crippen molar-refractivity contribution in [3.05, 3.63) is 44.5 Å². The number of azide groups is 1. The summed E-state index contributed by atoms with van der Waals surface area (Å²) in [6.07, 6.45) is -0.720. The van der Waals surface area contributed by atoms with Crippen molar-refractivity contribution in [1.82, 2.24) is 5.32 Å². The number of ether oxygens (including phenoxy) is 1. The van der Waals surface area contributed by atoms with Gasteiger partial charge in [-0.1, -0.05) is 21.0 Å². The van der Waals surface area contributed by atoms with Crippen molar-refractivity contribution in [2.24, 2.45) is 5.11 Å². The molecule has 0 aliphatic carbocycles. The molecule has 0 fully saturated rings. The van der Waals surface area contributed by atoms with Crippen LogP contribution in [0.15, 0.2) is 27.8 Å².